The van der Waals surface area contributed by atoms with E-state index in [1.54, 1.807) is 6.07 Å². The van der Waals surface area contributed by atoms with Gasteiger partial charge in [0.25, 0.3) is 0 Å². The zero-order valence-corrected chi connectivity index (χ0v) is 11.5. The van der Waals surface area contributed by atoms with Gasteiger partial charge in [0.05, 0.1) is 9.92 Å². The van der Waals surface area contributed by atoms with Gasteiger partial charge in [-0.15, -0.1) is 0 Å². The topological polar surface area (TPSA) is 71.4 Å². The molecule has 0 radical (unpaired) electrons. The molecule has 0 aliphatic heterocycles. The van der Waals surface area contributed by atoms with Crippen LogP contribution < -0.4 is 0 Å². The van der Waals surface area contributed by atoms with Crippen LogP contribution in [0.4, 0.5) is 0 Å². The third kappa shape index (κ3) is 3.23. The van der Waals surface area contributed by atoms with Gasteiger partial charge >= 0.3 is 5.97 Å². The number of aliphatic carboxylic acids is 1. The maximum absolute atomic E-state index is 12.2. The number of hydrogen-bond acceptors (Lipinski definition) is 3. The Bertz CT molecular complexity index is 525. The van der Waals surface area contributed by atoms with Crippen LogP contribution in [0.3, 0.4) is 0 Å². The number of sulfone groups is 1. The highest BCUT2D eigenvalue weighted by molar-refractivity contribution is 7.92. The molecule has 4 nitrogen and oxygen atoms in total. The molecule has 1 atom stereocenters. The zero-order chi connectivity index (χ0) is 13.8. The molecule has 0 aromatic heterocycles. The van der Waals surface area contributed by atoms with E-state index in [9.17, 15) is 13.2 Å². The van der Waals surface area contributed by atoms with Gasteiger partial charge in [-0.05, 0) is 18.6 Å². The van der Waals surface area contributed by atoms with Crippen molar-refractivity contribution in [2.75, 3.05) is 0 Å². The van der Waals surface area contributed by atoms with Gasteiger partial charge < -0.3 is 5.11 Å². The number of carboxylic acid groups (broad SMARTS) is 1. The van der Waals surface area contributed by atoms with E-state index in [4.69, 9.17) is 16.7 Å². The van der Waals surface area contributed by atoms with Crippen LogP contribution in [0.5, 0.6) is 0 Å². The van der Waals surface area contributed by atoms with Crippen LogP contribution in [0.15, 0.2) is 29.2 Å². The van der Waals surface area contributed by atoms with Gasteiger partial charge in [0, 0.05) is 0 Å². The van der Waals surface area contributed by atoms with Gasteiger partial charge in [0.15, 0.2) is 15.1 Å². The first kappa shape index (κ1) is 15.0. The summed E-state index contributed by atoms with van der Waals surface area (Å²) >= 11 is 5.82. The quantitative estimate of drug-likeness (QED) is 0.874. The molecule has 0 spiro atoms. The molecule has 0 saturated carbocycles. The fraction of sp³-hybridized carbons (Fsp3) is 0.417. The van der Waals surface area contributed by atoms with Gasteiger partial charge in [-0.2, -0.15) is 0 Å². The molecule has 0 heterocycles. The predicted molar refractivity (Wildman–Crippen MR) is 69.6 cm³/mol. The van der Waals surface area contributed by atoms with E-state index >= 15 is 0 Å². The van der Waals surface area contributed by atoms with Gasteiger partial charge in [0.1, 0.15) is 0 Å². The molecule has 0 saturated heterocycles. The minimum atomic E-state index is -3.93. The van der Waals surface area contributed by atoms with Crippen LogP contribution >= 0.6 is 11.6 Å². The van der Waals surface area contributed by atoms with E-state index < -0.39 is 21.1 Å². The van der Waals surface area contributed by atoms with Crippen molar-refractivity contribution in [3.05, 3.63) is 29.3 Å². The van der Waals surface area contributed by atoms with Gasteiger partial charge in [-0.1, -0.05) is 43.5 Å². The molecule has 1 aromatic carbocycles. The third-order valence-corrected chi connectivity index (χ3v) is 5.21. The van der Waals surface area contributed by atoms with E-state index in [0.717, 1.165) is 6.42 Å². The van der Waals surface area contributed by atoms with E-state index in [2.05, 4.69) is 0 Å². The van der Waals surface area contributed by atoms with Crippen LogP contribution in [0.25, 0.3) is 0 Å². The van der Waals surface area contributed by atoms with Crippen LogP contribution in [0.1, 0.15) is 26.2 Å². The maximum atomic E-state index is 12.2. The number of halogens is 1. The Kier molecular flexibility index (Phi) is 5.16. The zero-order valence-electron chi connectivity index (χ0n) is 9.97. The summed E-state index contributed by atoms with van der Waals surface area (Å²) in [5.74, 6) is -1.33. The second-order valence-electron chi connectivity index (χ2n) is 3.94. The Morgan fingerprint density at radius 1 is 1.39 bits per heavy atom. The molecule has 1 N–H and O–H groups in total. The van der Waals surface area contributed by atoms with Crippen LogP contribution in [0, 0.1) is 0 Å². The Labute approximate surface area is 112 Å². The highest BCUT2D eigenvalue weighted by Crippen LogP contribution is 2.26. The molecule has 0 amide bonds. The molecule has 100 valence electrons. The van der Waals surface area contributed by atoms with Gasteiger partial charge in [-0.25, -0.2) is 8.42 Å². The summed E-state index contributed by atoms with van der Waals surface area (Å²) in [5.41, 5.74) is 0. The predicted octanol–water partition coefficient (Wildman–Crippen LogP) is 2.76. The molecule has 1 unspecified atom stereocenters. The van der Waals surface area contributed by atoms with Gasteiger partial charge in [0.2, 0.25) is 0 Å². The SMILES string of the molecule is CCCCC(C(=O)O)S(=O)(=O)c1ccccc1Cl. The standard InChI is InChI=1S/C12H15ClO4S/c1-2-3-7-11(12(14)15)18(16,17)10-8-5-4-6-9(10)13/h4-6,8,11H,2-3,7H2,1H3,(H,14,15). The molecule has 0 aliphatic rings. The highest BCUT2D eigenvalue weighted by atomic mass is 35.5. The lowest BCUT2D eigenvalue weighted by Crippen LogP contribution is -2.30. The fourth-order valence-electron chi connectivity index (χ4n) is 1.63. The Morgan fingerprint density at radius 2 is 2.00 bits per heavy atom. The van der Waals surface area contributed by atoms with Crippen LogP contribution in [0.2, 0.25) is 5.02 Å². The number of carbonyl (C=O) groups is 1. The Morgan fingerprint density at radius 3 is 2.50 bits per heavy atom. The summed E-state index contributed by atoms with van der Waals surface area (Å²) in [7, 11) is -3.93. The number of unbranched alkanes of at least 4 members (excludes halogenated alkanes) is 1. The molecule has 1 rings (SSSR count). The lowest BCUT2D eigenvalue weighted by atomic mass is 10.2. The van der Waals surface area contributed by atoms with Crippen LogP contribution in [-0.2, 0) is 14.6 Å². The molecule has 0 bridgehead atoms. The monoisotopic (exact) mass is 290 g/mol. The number of carboxylic acids is 1. The van der Waals surface area contributed by atoms with E-state index in [-0.39, 0.29) is 16.3 Å². The Balaban J connectivity index is 3.18. The third-order valence-electron chi connectivity index (χ3n) is 2.61. The van der Waals surface area contributed by atoms with Crippen molar-refractivity contribution < 1.29 is 18.3 Å². The average molecular weight is 291 g/mol. The molecule has 6 heteroatoms. The lowest BCUT2D eigenvalue weighted by molar-refractivity contribution is -0.136. The van der Waals surface area contributed by atoms with Crippen molar-refractivity contribution in [1.29, 1.82) is 0 Å². The van der Waals surface area contributed by atoms with Crippen molar-refractivity contribution in [2.24, 2.45) is 0 Å². The molecule has 0 aliphatic carbocycles. The lowest BCUT2D eigenvalue weighted by Gasteiger charge is -2.14. The number of benzene rings is 1. The number of rotatable bonds is 6. The molecule has 1 aromatic rings. The Hall–Kier alpha value is -1.07. The molecule has 18 heavy (non-hydrogen) atoms. The highest BCUT2D eigenvalue weighted by Gasteiger charge is 2.34. The van der Waals surface area contributed by atoms with Crippen molar-refractivity contribution in [1.82, 2.24) is 0 Å². The second kappa shape index (κ2) is 6.20. The minimum Gasteiger partial charge on any atom is -0.480 e. The van der Waals surface area contributed by atoms with E-state index in [1.165, 1.54) is 18.2 Å². The summed E-state index contributed by atoms with van der Waals surface area (Å²) in [6.45, 7) is 1.88. The first-order valence-corrected chi connectivity index (χ1v) is 7.55. The normalized spacial score (nSPS) is 13.2. The second-order valence-corrected chi connectivity index (χ2v) is 6.45. The molecular weight excluding hydrogens is 276 g/mol. The van der Waals surface area contributed by atoms with Crippen molar-refractivity contribution in [3.63, 3.8) is 0 Å². The van der Waals surface area contributed by atoms with Crippen LogP contribution in [-0.4, -0.2) is 24.7 Å². The smallest absolute Gasteiger partial charge is 0.322 e. The molecule has 0 fully saturated rings. The summed E-state index contributed by atoms with van der Waals surface area (Å²) in [4.78, 5) is 11.0. The van der Waals surface area contributed by atoms with Gasteiger partial charge in [-0.3, -0.25) is 4.79 Å². The van der Waals surface area contributed by atoms with Crippen molar-refractivity contribution in [3.8, 4) is 0 Å². The van der Waals surface area contributed by atoms with Crippen molar-refractivity contribution >= 4 is 27.4 Å². The molecular formula is C12H15ClO4S. The first-order valence-electron chi connectivity index (χ1n) is 5.62. The summed E-state index contributed by atoms with van der Waals surface area (Å²) in [6.07, 6.45) is 1.38. The van der Waals surface area contributed by atoms with E-state index in [0.29, 0.717) is 6.42 Å². The van der Waals surface area contributed by atoms with E-state index in [1.807, 2.05) is 6.92 Å². The summed E-state index contributed by atoms with van der Waals surface area (Å²) in [6, 6.07) is 5.90. The number of hydrogen-bond donors (Lipinski definition) is 1. The average Bonchev–Trinajstić information content (AvgIpc) is 2.29. The van der Waals surface area contributed by atoms with Crippen molar-refractivity contribution in [2.45, 2.75) is 36.3 Å². The maximum Gasteiger partial charge on any atom is 0.322 e. The minimum absolute atomic E-state index is 0.0558. The largest absolute Gasteiger partial charge is 0.480 e. The fourth-order valence-corrected chi connectivity index (χ4v) is 3.74. The summed E-state index contributed by atoms with van der Waals surface area (Å²) in [5, 5.41) is 7.69. The first-order chi connectivity index (χ1) is 8.41. The summed E-state index contributed by atoms with van der Waals surface area (Å²) < 4.78 is 24.5.